The predicted molar refractivity (Wildman–Crippen MR) is 155 cm³/mol. The Labute approximate surface area is 234 Å². The maximum Gasteiger partial charge on any atom is 0.251 e. The molecule has 11 heteroatoms. The van der Waals surface area contributed by atoms with E-state index in [1.165, 1.54) is 5.69 Å². The number of hydrogen-bond acceptors (Lipinski definition) is 8. The first-order valence-electron chi connectivity index (χ1n) is 13.2. The highest BCUT2D eigenvalue weighted by Crippen LogP contribution is 2.31. The number of fused-ring (bicyclic) bond motifs is 1. The first-order chi connectivity index (χ1) is 19.0. The summed E-state index contributed by atoms with van der Waals surface area (Å²) in [5, 5.41) is 41.6. The summed E-state index contributed by atoms with van der Waals surface area (Å²) >= 11 is 0. The molecule has 2 heterocycles. The van der Waals surface area contributed by atoms with Crippen LogP contribution in [0.2, 0.25) is 0 Å². The number of anilines is 1. The zero-order valence-corrected chi connectivity index (χ0v) is 23.9. The lowest BCUT2D eigenvalue weighted by Crippen LogP contribution is -2.56. The molecule has 3 aromatic rings. The molecule has 10 nitrogen and oxygen atoms in total. The van der Waals surface area contributed by atoms with Gasteiger partial charge in [0.05, 0.1) is 12.7 Å². The Kier molecular flexibility index (Phi) is 8.99. The number of ether oxygens (including phenoxy) is 1. The lowest BCUT2D eigenvalue weighted by molar-refractivity contribution is -0.184. The summed E-state index contributed by atoms with van der Waals surface area (Å²) < 4.78 is 35.6. The number of aliphatic hydroxyl groups excluding tert-OH is 3. The number of rotatable bonds is 9. The number of sulfonamides is 1. The number of benzene rings is 2. The molecule has 0 aliphatic carbocycles. The van der Waals surface area contributed by atoms with Gasteiger partial charge in [-0.2, -0.15) is 5.26 Å². The highest BCUT2D eigenvalue weighted by molar-refractivity contribution is 7.93. The smallest absolute Gasteiger partial charge is 0.251 e. The van der Waals surface area contributed by atoms with Gasteiger partial charge in [-0.05, 0) is 67.4 Å². The zero-order valence-electron chi connectivity index (χ0n) is 23.1. The van der Waals surface area contributed by atoms with Crippen molar-refractivity contribution in [1.82, 2.24) is 9.29 Å². The van der Waals surface area contributed by atoms with Crippen molar-refractivity contribution in [2.24, 2.45) is 7.05 Å². The molecule has 2 aromatic carbocycles. The van der Waals surface area contributed by atoms with Crippen molar-refractivity contribution in [3.05, 3.63) is 59.1 Å². The number of nitriles is 1. The molecule has 4 atom stereocenters. The quantitative estimate of drug-likeness (QED) is 0.288. The number of hydrogen-bond donors (Lipinski definition) is 4. The molecule has 4 rings (SSSR count). The van der Waals surface area contributed by atoms with Gasteiger partial charge in [0, 0.05) is 49.3 Å². The van der Waals surface area contributed by atoms with Crippen LogP contribution < -0.4 is 9.62 Å². The van der Waals surface area contributed by atoms with E-state index < -0.39 is 39.3 Å². The Bertz CT molecular complexity index is 1550. The highest BCUT2D eigenvalue weighted by Gasteiger charge is 2.38. The molecular weight excluding hydrogens is 532 g/mol. The van der Waals surface area contributed by atoms with E-state index in [0.29, 0.717) is 5.69 Å². The molecule has 4 N–H and O–H groups in total. The standard InChI is InChI=1S/C29H36N4O6S/c1-5-33(6-2)22-10-9-19-13-21(8-7-20(19)14-22)24-12-11-23(32(24)4)18(3)27(15-30)40(37,38)31-16-26-29(36)28(35)25(34)17-39-26/h7-14,25-26,28-29,31,34-36H,5-6,16-17H2,1-4H3/b27-18+/t25-,26+,28+,29+/m0/s1. The summed E-state index contributed by atoms with van der Waals surface area (Å²) in [6.07, 6.45) is -5.29. The van der Waals surface area contributed by atoms with Gasteiger partial charge in [-0.1, -0.05) is 18.2 Å². The molecule has 1 aliphatic rings. The molecule has 0 amide bonds. The second-order valence-electron chi connectivity index (χ2n) is 9.92. The molecule has 0 unspecified atom stereocenters. The SMILES string of the molecule is CCN(CC)c1ccc2cc(-c3ccc(/C(C)=C(\C#N)S(=O)(=O)NC[C@H]4OC[C@H](O)[C@@H](O)[C@@H]4O)n3C)ccc2c1. The van der Waals surface area contributed by atoms with E-state index in [1.807, 2.05) is 23.7 Å². The van der Waals surface area contributed by atoms with Crippen molar-refractivity contribution in [2.45, 2.75) is 45.2 Å². The summed E-state index contributed by atoms with van der Waals surface area (Å²) in [4.78, 5) is 1.83. The summed E-state index contributed by atoms with van der Waals surface area (Å²) in [6.45, 7) is 7.06. The fourth-order valence-corrected chi connectivity index (χ4v) is 6.28. The van der Waals surface area contributed by atoms with Crippen LogP contribution in [0.1, 0.15) is 26.5 Å². The van der Waals surface area contributed by atoms with Crippen LogP contribution in [-0.4, -0.2) is 79.0 Å². The van der Waals surface area contributed by atoms with E-state index in [-0.39, 0.29) is 18.7 Å². The molecule has 1 aromatic heterocycles. The molecule has 0 saturated carbocycles. The van der Waals surface area contributed by atoms with E-state index >= 15 is 0 Å². The third kappa shape index (κ3) is 5.78. The normalized spacial score (nSPS) is 22.1. The van der Waals surface area contributed by atoms with Gasteiger partial charge in [-0.15, -0.1) is 0 Å². The van der Waals surface area contributed by atoms with Crippen LogP contribution in [0.15, 0.2) is 53.4 Å². The van der Waals surface area contributed by atoms with E-state index in [0.717, 1.165) is 35.1 Å². The van der Waals surface area contributed by atoms with Crippen molar-refractivity contribution >= 4 is 32.1 Å². The van der Waals surface area contributed by atoms with Gasteiger partial charge < -0.3 is 29.5 Å². The molecular formula is C29H36N4O6S. The van der Waals surface area contributed by atoms with Crippen LogP contribution in [-0.2, 0) is 21.8 Å². The Hall–Kier alpha value is -3.24. The van der Waals surface area contributed by atoms with E-state index in [2.05, 4.69) is 53.8 Å². The summed E-state index contributed by atoms with van der Waals surface area (Å²) in [5.41, 5.74) is 3.80. The topological polar surface area (TPSA) is 148 Å². The van der Waals surface area contributed by atoms with E-state index in [4.69, 9.17) is 4.74 Å². The Morgan fingerprint density at radius 1 is 1.07 bits per heavy atom. The van der Waals surface area contributed by atoms with Crippen molar-refractivity contribution in [3.63, 3.8) is 0 Å². The van der Waals surface area contributed by atoms with E-state index in [9.17, 15) is 29.0 Å². The lowest BCUT2D eigenvalue weighted by Gasteiger charge is -2.35. The third-order valence-electron chi connectivity index (χ3n) is 7.55. The minimum absolute atomic E-state index is 0.247. The first-order valence-corrected chi connectivity index (χ1v) is 14.7. The molecule has 1 saturated heterocycles. The zero-order chi connectivity index (χ0) is 29.2. The number of allylic oxidation sites excluding steroid dienone is 2. The second kappa shape index (κ2) is 12.1. The fraction of sp³-hybridized carbons (Fsp3) is 0.414. The van der Waals surface area contributed by atoms with Gasteiger partial charge in [0.2, 0.25) is 0 Å². The van der Waals surface area contributed by atoms with Gasteiger partial charge in [-0.3, -0.25) is 0 Å². The van der Waals surface area contributed by atoms with Gasteiger partial charge >= 0.3 is 0 Å². The second-order valence-corrected chi connectivity index (χ2v) is 11.6. The minimum Gasteiger partial charge on any atom is -0.388 e. The molecule has 214 valence electrons. The first kappa shape index (κ1) is 29.7. The maximum absolute atomic E-state index is 13.1. The molecule has 40 heavy (non-hydrogen) atoms. The predicted octanol–water partition coefficient (Wildman–Crippen LogP) is 2.35. The molecule has 0 bridgehead atoms. The number of aliphatic hydroxyl groups is 3. The van der Waals surface area contributed by atoms with Crippen molar-refractivity contribution in [2.75, 3.05) is 31.1 Å². The van der Waals surface area contributed by atoms with Crippen molar-refractivity contribution in [1.29, 1.82) is 5.26 Å². The fourth-order valence-electron chi connectivity index (χ4n) is 5.13. The average molecular weight is 569 g/mol. The van der Waals surface area contributed by atoms with Gasteiger partial charge in [0.25, 0.3) is 10.0 Å². The van der Waals surface area contributed by atoms with Crippen LogP contribution in [0.5, 0.6) is 0 Å². The Morgan fingerprint density at radius 3 is 2.42 bits per heavy atom. The summed E-state index contributed by atoms with van der Waals surface area (Å²) in [5.74, 6) is 0. The number of nitrogens with one attached hydrogen (secondary N) is 1. The molecule has 0 radical (unpaired) electrons. The van der Waals surface area contributed by atoms with Gasteiger partial charge in [0.15, 0.2) is 4.91 Å². The Morgan fingerprint density at radius 2 is 1.75 bits per heavy atom. The maximum atomic E-state index is 13.1. The van der Waals surface area contributed by atoms with Crippen LogP contribution in [0.3, 0.4) is 0 Å². The number of nitrogens with zero attached hydrogens (tertiary/aromatic N) is 3. The summed E-state index contributed by atoms with van der Waals surface area (Å²) in [7, 11) is -2.46. The molecule has 0 spiro atoms. The van der Waals surface area contributed by atoms with Crippen LogP contribution in [0.4, 0.5) is 5.69 Å². The average Bonchev–Trinajstić information content (AvgIpc) is 3.33. The van der Waals surface area contributed by atoms with Crippen molar-refractivity contribution in [3.8, 4) is 17.3 Å². The largest absolute Gasteiger partial charge is 0.388 e. The van der Waals surface area contributed by atoms with Crippen LogP contribution in [0, 0.1) is 11.3 Å². The monoisotopic (exact) mass is 568 g/mol. The molecule has 1 aliphatic heterocycles. The van der Waals surface area contributed by atoms with Crippen molar-refractivity contribution < 1.29 is 28.5 Å². The summed E-state index contributed by atoms with van der Waals surface area (Å²) in [6, 6.07) is 18.0. The highest BCUT2D eigenvalue weighted by atomic mass is 32.2. The molecule has 1 fully saturated rings. The van der Waals surface area contributed by atoms with Gasteiger partial charge in [-0.25, -0.2) is 13.1 Å². The number of aromatic nitrogens is 1. The van der Waals surface area contributed by atoms with Gasteiger partial charge in [0.1, 0.15) is 24.4 Å². The van der Waals surface area contributed by atoms with E-state index in [1.54, 1.807) is 19.1 Å². The minimum atomic E-state index is -4.27. The van der Waals surface area contributed by atoms with Crippen LogP contribution >= 0.6 is 0 Å². The lowest BCUT2D eigenvalue weighted by atomic mass is 10.0. The third-order valence-corrected chi connectivity index (χ3v) is 9.03. The van der Waals surface area contributed by atoms with Crippen LogP contribution in [0.25, 0.3) is 27.6 Å². The Balaban J connectivity index is 1.59.